The molecule has 1 aromatic carbocycles. The quantitative estimate of drug-likeness (QED) is 0.703. The molecule has 0 aliphatic carbocycles. The number of nitrogens with zero attached hydrogens (tertiary/aromatic N) is 4. The molecule has 1 aliphatic rings. The fourth-order valence-electron chi connectivity index (χ4n) is 3.71. The average Bonchev–Trinajstić information content (AvgIpc) is 3.23. The number of rotatable bonds is 4. The molecule has 2 aromatic heterocycles. The van der Waals surface area contributed by atoms with Crippen molar-refractivity contribution in [2.45, 2.75) is 26.4 Å². The number of hydrogen-bond donors (Lipinski definition) is 0. The van der Waals surface area contributed by atoms with Gasteiger partial charge >= 0.3 is 0 Å². The highest BCUT2D eigenvalue weighted by Gasteiger charge is 2.26. The molecule has 0 N–H and O–H groups in total. The van der Waals surface area contributed by atoms with E-state index in [2.05, 4.69) is 10.00 Å². The first-order valence-corrected chi connectivity index (χ1v) is 9.00. The minimum absolute atomic E-state index is 0.400. The summed E-state index contributed by atoms with van der Waals surface area (Å²) < 4.78 is 26.4. The van der Waals surface area contributed by atoms with Crippen LogP contribution in [0, 0.1) is 13.8 Å². The molecule has 3 aromatic rings. The van der Waals surface area contributed by atoms with Crippen molar-refractivity contribution in [3.8, 4) is 22.8 Å². The predicted octanol–water partition coefficient (Wildman–Crippen LogP) is 3.58. The van der Waals surface area contributed by atoms with E-state index in [1.54, 1.807) is 14.2 Å². The topological polar surface area (TPSA) is 51.9 Å². The van der Waals surface area contributed by atoms with Crippen LogP contribution in [0.4, 0.5) is 10.1 Å². The zero-order valence-corrected chi connectivity index (χ0v) is 16.0. The number of fused-ring (bicyclic) bond motifs is 1. The van der Waals surface area contributed by atoms with E-state index in [0.717, 1.165) is 34.0 Å². The number of benzene rings is 1. The van der Waals surface area contributed by atoms with Gasteiger partial charge in [-0.2, -0.15) is 5.10 Å². The van der Waals surface area contributed by atoms with Gasteiger partial charge in [0, 0.05) is 18.7 Å². The summed E-state index contributed by atoms with van der Waals surface area (Å²) >= 11 is 0. The van der Waals surface area contributed by atoms with E-state index in [0.29, 0.717) is 31.0 Å². The normalized spacial score (nSPS) is 16.9. The minimum Gasteiger partial charge on any atom is -0.493 e. The molecule has 1 atom stereocenters. The fourth-order valence-corrected chi connectivity index (χ4v) is 3.71. The van der Waals surface area contributed by atoms with Crippen molar-refractivity contribution >= 4 is 11.3 Å². The average molecular weight is 370 g/mol. The summed E-state index contributed by atoms with van der Waals surface area (Å²) in [6.45, 7) is 5.00. The maximum atomic E-state index is 13.8. The molecular weight excluding hydrogens is 347 g/mol. The highest BCUT2D eigenvalue weighted by atomic mass is 19.1. The van der Waals surface area contributed by atoms with Gasteiger partial charge in [-0.1, -0.05) is 0 Å². The number of hydrogen-bond acceptors (Lipinski definition) is 5. The van der Waals surface area contributed by atoms with Gasteiger partial charge in [-0.05, 0) is 44.5 Å². The molecule has 27 heavy (non-hydrogen) atoms. The van der Waals surface area contributed by atoms with Crippen molar-refractivity contribution in [3.63, 3.8) is 0 Å². The Balaban J connectivity index is 1.90. The molecular formula is C20H23FN4O2. The van der Waals surface area contributed by atoms with E-state index in [4.69, 9.17) is 14.5 Å². The number of methoxy groups -OCH3 is 2. The molecule has 4 rings (SSSR count). The molecule has 0 saturated carbocycles. The van der Waals surface area contributed by atoms with Gasteiger partial charge in [0.25, 0.3) is 0 Å². The van der Waals surface area contributed by atoms with Crippen LogP contribution in [0.25, 0.3) is 16.9 Å². The summed E-state index contributed by atoms with van der Waals surface area (Å²) in [5, 5.41) is 4.68. The molecule has 6 nitrogen and oxygen atoms in total. The molecule has 1 fully saturated rings. The lowest BCUT2D eigenvalue weighted by molar-refractivity contribution is 0.355. The predicted molar refractivity (Wildman–Crippen MR) is 103 cm³/mol. The van der Waals surface area contributed by atoms with Crippen molar-refractivity contribution in [2.75, 3.05) is 32.2 Å². The van der Waals surface area contributed by atoms with Crippen molar-refractivity contribution in [1.29, 1.82) is 0 Å². The number of anilines is 1. The maximum Gasteiger partial charge on any atom is 0.178 e. The summed E-state index contributed by atoms with van der Waals surface area (Å²) in [6, 6.07) is 7.75. The number of aromatic nitrogens is 3. The van der Waals surface area contributed by atoms with Crippen LogP contribution in [-0.2, 0) is 0 Å². The second-order valence-corrected chi connectivity index (χ2v) is 6.85. The van der Waals surface area contributed by atoms with Gasteiger partial charge in [-0.15, -0.1) is 0 Å². The third-order valence-corrected chi connectivity index (χ3v) is 4.99. The molecule has 0 amide bonds. The maximum absolute atomic E-state index is 13.8. The number of ether oxygens (including phenoxy) is 2. The Bertz CT molecular complexity index is 1000. The molecule has 142 valence electrons. The van der Waals surface area contributed by atoms with Gasteiger partial charge in [0.1, 0.15) is 6.17 Å². The third kappa shape index (κ3) is 2.97. The molecule has 0 unspecified atom stereocenters. The first kappa shape index (κ1) is 17.6. The zero-order valence-electron chi connectivity index (χ0n) is 16.0. The van der Waals surface area contributed by atoms with Crippen LogP contribution in [0.1, 0.15) is 17.8 Å². The van der Waals surface area contributed by atoms with Gasteiger partial charge < -0.3 is 14.4 Å². The Morgan fingerprint density at radius 3 is 2.56 bits per heavy atom. The SMILES string of the molecule is COc1ccc(-c2c(C)nc3c(N4CC[C@@H](F)C4)cc(C)nn23)cc1OC. The lowest BCUT2D eigenvalue weighted by Gasteiger charge is -2.18. The summed E-state index contributed by atoms with van der Waals surface area (Å²) in [6.07, 6.45) is -0.240. The monoisotopic (exact) mass is 370 g/mol. The minimum atomic E-state index is -0.792. The van der Waals surface area contributed by atoms with Gasteiger partial charge in [-0.25, -0.2) is 13.9 Å². The molecule has 0 bridgehead atoms. The standard InChI is InChI=1S/C20H23FN4O2/c1-12-9-16(24-8-7-15(21)11-24)20-22-13(2)19(25(20)23-12)14-5-6-17(26-3)18(10-14)27-4/h5-6,9-10,15H,7-8,11H2,1-4H3/t15-/m1/s1. The van der Waals surface area contributed by atoms with E-state index in [1.165, 1.54) is 0 Å². The molecule has 3 heterocycles. The molecule has 1 aliphatic heterocycles. The Morgan fingerprint density at radius 1 is 1.11 bits per heavy atom. The van der Waals surface area contributed by atoms with Crippen LogP contribution in [0.3, 0.4) is 0 Å². The number of alkyl halides is 1. The Labute approximate surface area is 157 Å². The van der Waals surface area contributed by atoms with Crippen LogP contribution in [0.5, 0.6) is 11.5 Å². The van der Waals surface area contributed by atoms with Crippen LogP contribution in [0.15, 0.2) is 24.3 Å². The van der Waals surface area contributed by atoms with Crippen LogP contribution in [0.2, 0.25) is 0 Å². The van der Waals surface area contributed by atoms with E-state index in [1.807, 2.05) is 42.6 Å². The van der Waals surface area contributed by atoms with Gasteiger partial charge in [0.2, 0.25) is 0 Å². The lowest BCUT2D eigenvalue weighted by Crippen LogP contribution is -2.21. The highest BCUT2D eigenvalue weighted by molar-refractivity contribution is 5.76. The van der Waals surface area contributed by atoms with Crippen molar-refractivity contribution in [2.24, 2.45) is 0 Å². The van der Waals surface area contributed by atoms with Crippen molar-refractivity contribution < 1.29 is 13.9 Å². The third-order valence-electron chi connectivity index (χ3n) is 4.99. The lowest BCUT2D eigenvalue weighted by atomic mass is 10.1. The molecule has 7 heteroatoms. The second-order valence-electron chi connectivity index (χ2n) is 6.85. The zero-order chi connectivity index (χ0) is 19.1. The summed E-state index contributed by atoms with van der Waals surface area (Å²) in [5.41, 5.74) is 5.23. The summed E-state index contributed by atoms with van der Waals surface area (Å²) in [7, 11) is 3.23. The number of imidazole rings is 1. The van der Waals surface area contributed by atoms with E-state index >= 15 is 0 Å². The van der Waals surface area contributed by atoms with Gasteiger partial charge in [0.05, 0.1) is 37.0 Å². The molecule has 0 radical (unpaired) electrons. The van der Waals surface area contributed by atoms with Gasteiger partial charge in [-0.3, -0.25) is 0 Å². The van der Waals surface area contributed by atoms with E-state index in [9.17, 15) is 4.39 Å². The van der Waals surface area contributed by atoms with E-state index < -0.39 is 6.17 Å². The Morgan fingerprint density at radius 2 is 1.89 bits per heavy atom. The number of aryl methyl sites for hydroxylation is 2. The summed E-state index contributed by atoms with van der Waals surface area (Å²) in [4.78, 5) is 6.82. The largest absolute Gasteiger partial charge is 0.493 e. The van der Waals surface area contributed by atoms with Crippen LogP contribution in [-0.4, -0.2) is 48.1 Å². The fraction of sp³-hybridized carbons (Fsp3) is 0.400. The second kappa shape index (κ2) is 6.72. The Kier molecular flexibility index (Phi) is 4.37. The van der Waals surface area contributed by atoms with E-state index in [-0.39, 0.29) is 0 Å². The smallest absolute Gasteiger partial charge is 0.178 e. The molecule has 1 saturated heterocycles. The first-order valence-electron chi connectivity index (χ1n) is 9.00. The highest BCUT2D eigenvalue weighted by Crippen LogP contribution is 2.35. The first-order chi connectivity index (χ1) is 13.0. The van der Waals surface area contributed by atoms with Crippen molar-refractivity contribution in [3.05, 3.63) is 35.7 Å². The number of halogens is 1. The van der Waals surface area contributed by atoms with Crippen molar-refractivity contribution in [1.82, 2.24) is 14.6 Å². The Hall–Kier alpha value is -2.83. The summed E-state index contributed by atoms with van der Waals surface area (Å²) in [5.74, 6) is 1.32. The molecule has 0 spiro atoms. The van der Waals surface area contributed by atoms with Gasteiger partial charge in [0.15, 0.2) is 17.1 Å². The van der Waals surface area contributed by atoms with Crippen LogP contribution >= 0.6 is 0 Å². The van der Waals surface area contributed by atoms with Crippen LogP contribution < -0.4 is 14.4 Å².